The quantitative estimate of drug-likeness (QED) is 0.200. The van der Waals surface area contributed by atoms with Crippen molar-refractivity contribution in [3.8, 4) is 6.07 Å². The third-order valence-electron chi connectivity index (χ3n) is 7.54. The number of aromatic nitrogens is 4. The fourth-order valence-corrected chi connectivity index (χ4v) is 5.61. The van der Waals surface area contributed by atoms with Crippen LogP contribution in [0.5, 0.6) is 0 Å². The molecule has 4 N–H and O–H groups in total. The second-order valence-corrected chi connectivity index (χ2v) is 10.8. The summed E-state index contributed by atoms with van der Waals surface area (Å²) in [5.41, 5.74) is 2.41. The Labute approximate surface area is 241 Å². The van der Waals surface area contributed by atoms with E-state index in [0.29, 0.717) is 46.4 Å². The molecule has 2 heterocycles. The monoisotopic (exact) mass is 575 g/mol. The predicted octanol–water partition coefficient (Wildman–Crippen LogP) is 6.02. The van der Waals surface area contributed by atoms with Gasteiger partial charge in [-0.3, -0.25) is 4.98 Å². The van der Waals surface area contributed by atoms with Crippen LogP contribution in [0.3, 0.4) is 0 Å². The summed E-state index contributed by atoms with van der Waals surface area (Å²) in [5, 5.41) is 37.9. The Morgan fingerprint density at radius 1 is 1.20 bits per heavy atom. The summed E-state index contributed by atoms with van der Waals surface area (Å²) in [6.07, 6.45) is 7.23. The van der Waals surface area contributed by atoms with Crippen molar-refractivity contribution >= 4 is 40.0 Å². The summed E-state index contributed by atoms with van der Waals surface area (Å²) in [6.45, 7) is 0. The molecule has 4 aromatic rings. The van der Waals surface area contributed by atoms with Crippen molar-refractivity contribution in [1.82, 2.24) is 25.3 Å². The molecule has 6 rings (SSSR count). The molecule has 2 aromatic carbocycles. The van der Waals surface area contributed by atoms with Crippen molar-refractivity contribution in [2.24, 2.45) is 0 Å². The smallest absolute Gasteiger partial charge is 0.404 e. The number of rotatable bonds is 8. The number of carboxylic acid groups (broad SMARTS) is 1. The van der Waals surface area contributed by atoms with E-state index in [-0.39, 0.29) is 28.7 Å². The number of anilines is 2. The van der Waals surface area contributed by atoms with Gasteiger partial charge in [-0.05, 0) is 55.5 Å². The second kappa shape index (κ2) is 11.2. The van der Waals surface area contributed by atoms with E-state index in [1.807, 2.05) is 0 Å². The van der Waals surface area contributed by atoms with Crippen LogP contribution in [-0.2, 0) is 0 Å². The van der Waals surface area contributed by atoms with Gasteiger partial charge >= 0.3 is 6.09 Å². The highest BCUT2D eigenvalue weighted by Gasteiger charge is 2.29. The van der Waals surface area contributed by atoms with E-state index in [1.165, 1.54) is 30.5 Å². The van der Waals surface area contributed by atoms with Crippen molar-refractivity contribution < 1.29 is 15.7 Å². The molecule has 1 amide bonds. The van der Waals surface area contributed by atoms with Gasteiger partial charge in [-0.25, -0.2) is 13.9 Å². The molecule has 0 aliphatic heterocycles. The number of pyridine rings is 1. The highest BCUT2D eigenvalue weighted by Crippen LogP contribution is 2.38. The maximum Gasteiger partial charge on any atom is 0.404 e. The van der Waals surface area contributed by atoms with Gasteiger partial charge in [0.2, 0.25) is 0 Å². The van der Waals surface area contributed by atoms with E-state index in [0.717, 1.165) is 25.7 Å². The first-order valence-electron chi connectivity index (χ1n) is 14.0. The van der Waals surface area contributed by atoms with Crippen LogP contribution in [0.15, 0.2) is 48.8 Å². The van der Waals surface area contributed by atoms with Gasteiger partial charge in [0.05, 0.1) is 47.5 Å². The van der Waals surface area contributed by atoms with Crippen LogP contribution < -0.4 is 16.0 Å². The Kier molecular flexibility index (Phi) is 6.98. The summed E-state index contributed by atoms with van der Waals surface area (Å²) in [5.74, 6) is -0.430. The molecule has 2 aliphatic rings. The third kappa shape index (κ3) is 5.74. The molecule has 12 heteroatoms. The van der Waals surface area contributed by atoms with Crippen LogP contribution in [0.25, 0.3) is 10.9 Å². The maximum atomic E-state index is 13.8. The Morgan fingerprint density at radius 3 is 2.66 bits per heavy atom. The Morgan fingerprint density at radius 2 is 1.95 bits per heavy atom. The first-order valence-corrected chi connectivity index (χ1v) is 13.9. The fourth-order valence-electron chi connectivity index (χ4n) is 5.35. The van der Waals surface area contributed by atoms with Crippen LogP contribution >= 0.6 is 11.6 Å². The average molecular weight is 576 g/mol. The number of amides is 1. The lowest BCUT2D eigenvalue weighted by atomic mass is 9.89. The molecule has 0 saturated heterocycles. The summed E-state index contributed by atoms with van der Waals surface area (Å²) < 4.78 is 25.1. The van der Waals surface area contributed by atoms with Gasteiger partial charge in [0.25, 0.3) is 0 Å². The molecule has 0 spiro atoms. The standard InChI is InChI=1S/C29H28ClFN8O2/c30-22-12-19(34-27(16-5-7-18(31)8-6-16)25-15-39(38-37-25)20-9-10-20)11-21-26(17(13-32)14-33-28(21)22)35-23-3-1-2-4-24(23)36-29(40)41/h5-8,11-12,14-15,20,23-24,27,34,36H,1-4,9-10H2,(H,33,35)(H,40,41)/t23-,24+,27?/m0/s1/i27D. The Bertz CT molecular complexity index is 1690. The summed E-state index contributed by atoms with van der Waals surface area (Å²) >= 11 is 6.72. The van der Waals surface area contributed by atoms with Crippen molar-refractivity contribution in [1.29, 1.82) is 5.26 Å². The molecular formula is C29H28ClFN8O2. The summed E-state index contributed by atoms with van der Waals surface area (Å²) in [4.78, 5) is 15.9. The predicted molar refractivity (Wildman–Crippen MR) is 152 cm³/mol. The largest absolute Gasteiger partial charge is 0.465 e. The number of fused-ring (bicyclic) bond motifs is 1. The molecule has 1 unspecified atom stereocenters. The molecule has 10 nitrogen and oxygen atoms in total. The minimum absolute atomic E-state index is 0.252. The van der Waals surface area contributed by atoms with Crippen LogP contribution in [0.4, 0.5) is 20.6 Å². The van der Waals surface area contributed by atoms with Crippen molar-refractivity contribution in [3.63, 3.8) is 0 Å². The molecule has 2 aromatic heterocycles. The lowest BCUT2D eigenvalue weighted by Crippen LogP contribution is -2.48. The van der Waals surface area contributed by atoms with E-state index in [4.69, 9.17) is 11.6 Å². The second-order valence-electron chi connectivity index (χ2n) is 10.4. The topological polar surface area (TPSA) is 141 Å². The molecule has 0 bridgehead atoms. The van der Waals surface area contributed by atoms with Crippen molar-refractivity contribution in [2.75, 3.05) is 10.6 Å². The number of nitrogens with one attached hydrogen (secondary N) is 3. The number of benzene rings is 2. The number of hydrogen-bond donors (Lipinski definition) is 4. The number of nitrogens with zero attached hydrogens (tertiary/aromatic N) is 5. The first-order chi connectivity index (χ1) is 20.2. The minimum atomic E-state index is -1.66. The molecule has 3 atom stereocenters. The number of hydrogen-bond acceptors (Lipinski definition) is 7. The van der Waals surface area contributed by atoms with E-state index >= 15 is 0 Å². The maximum absolute atomic E-state index is 13.8. The van der Waals surface area contributed by atoms with Gasteiger partial charge in [0.15, 0.2) is 0 Å². The molecule has 0 radical (unpaired) electrons. The van der Waals surface area contributed by atoms with Gasteiger partial charge < -0.3 is 21.1 Å². The van der Waals surface area contributed by atoms with Gasteiger partial charge in [0.1, 0.15) is 17.6 Å². The van der Waals surface area contributed by atoms with Crippen LogP contribution in [0, 0.1) is 17.1 Å². The average Bonchev–Trinajstić information content (AvgIpc) is 3.69. The van der Waals surface area contributed by atoms with Gasteiger partial charge in [0, 0.05) is 23.3 Å². The van der Waals surface area contributed by atoms with Crippen LogP contribution in [0.1, 0.15) is 68.8 Å². The summed E-state index contributed by atoms with van der Waals surface area (Å²) in [7, 11) is 0. The van der Waals surface area contributed by atoms with E-state index in [1.54, 1.807) is 23.0 Å². The zero-order chi connectivity index (χ0) is 29.4. The highest BCUT2D eigenvalue weighted by atomic mass is 35.5. The fraction of sp³-hybridized carbons (Fsp3) is 0.345. The van der Waals surface area contributed by atoms with Crippen molar-refractivity contribution in [2.45, 2.75) is 62.7 Å². The normalized spacial score (nSPS) is 20.5. The first kappa shape index (κ1) is 25.5. The zero-order valence-corrected chi connectivity index (χ0v) is 22.7. The number of carbonyl (C=O) groups is 1. The highest BCUT2D eigenvalue weighted by molar-refractivity contribution is 6.35. The Hall–Kier alpha value is -4.43. The third-order valence-corrected chi connectivity index (χ3v) is 7.83. The van der Waals surface area contributed by atoms with Gasteiger partial charge in [-0.2, -0.15) is 5.26 Å². The molecular weight excluding hydrogens is 547 g/mol. The minimum Gasteiger partial charge on any atom is -0.465 e. The molecule has 2 fully saturated rings. The molecule has 2 aliphatic carbocycles. The SMILES string of the molecule is [2H]C(Nc1cc(Cl)c2ncc(C#N)c(N[C@H]3CCCC[C@H]3NC(=O)O)c2c1)(c1ccc(F)cc1)c1cn(C2CC2)nn1. The number of halogens is 2. The lowest BCUT2D eigenvalue weighted by Gasteiger charge is -2.33. The summed E-state index contributed by atoms with van der Waals surface area (Å²) in [6, 6.07) is 9.18. The van der Waals surface area contributed by atoms with Gasteiger partial charge in [-0.1, -0.05) is 41.8 Å². The van der Waals surface area contributed by atoms with Crippen LogP contribution in [0.2, 0.25) is 5.02 Å². The van der Waals surface area contributed by atoms with Crippen molar-refractivity contribution in [3.05, 3.63) is 76.5 Å². The van der Waals surface area contributed by atoms with Gasteiger partial charge in [-0.15, -0.1) is 5.10 Å². The zero-order valence-electron chi connectivity index (χ0n) is 22.9. The Balaban J connectivity index is 1.43. The van der Waals surface area contributed by atoms with E-state index in [9.17, 15) is 20.9 Å². The molecule has 41 heavy (non-hydrogen) atoms. The van der Waals surface area contributed by atoms with E-state index < -0.39 is 17.9 Å². The molecule has 210 valence electrons. The lowest BCUT2D eigenvalue weighted by molar-refractivity contribution is 0.184. The number of nitriles is 1. The van der Waals surface area contributed by atoms with E-state index in [2.05, 4.69) is 37.3 Å². The molecule has 2 saturated carbocycles. The van der Waals surface area contributed by atoms with Crippen LogP contribution in [-0.4, -0.2) is 43.3 Å².